The number of methoxy groups -OCH3 is 3. The van der Waals surface area contributed by atoms with Gasteiger partial charge in [0.1, 0.15) is 12.2 Å². The maximum absolute atomic E-state index is 13.0. The lowest BCUT2D eigenvalue weighted by Crippen LogP contribution is -2.37. The molecule has 0 saturated heterocycles. The van der Waals surface area contributed by atoms with E-state index in [-0.39, 0.29) is 31.6 Å². The van der Waals surface area contributed by atoms with Crippen LogP contribution in [0, 0.1) is 0 Å². The largest absolute Gasteiger partial charge is 0.493 e. The van der Waals surface area contributed by atoms with E-state index in [0.717, 1.165) is 0 Å². The highest BCUT2D eigenvalue weighted by atomic mass is 35.5. The van der Waals surface area contributed by atoms with Crippen molar-refractivity contribution in [2.45, 2.75) is 31.5 Å². The Kier molecular flexibility index (Phi) is 9.26. The Morgan fingerprint density at radius 2 is 1.83 bits per heavy atom. The predicted octanol–water partition coefficient (Wildman–Crippen LogP) is 2.81. The number of carbonyl (C=O) groups is 4. The van der Waals surface area contributed by atoms with E-state index in [1.165, 1.54) is 21.3 Å². The molecule has 0 spiro atoms. The van der Waals surface area contributed by atoms with Gasteiger partial charge in [0.05, 0.1) is 40.7 Å². The van der Waals surface area contributed by atoms with Crippen molar-refractivity contribution in [2.75, 3.05) is 33.2 Å². The number of fused-ring (bicyclic) bond motifs is 1. The Morgan fingerprint density at radius 3 is 2.53 bits per heavy atom. The van der Waals surface area contributed by atoms with E-state index in [1.54, 1.807) is 36.4 Å². The first kappa shape index (κ1) is 27.0. The minimum Gasteiger partial charge on any atom is -0.493 e. The zero-order valence-electron chi connectivity index (χ0n) is 20.1. The third-order valence-corrected chi connectivity index (χ3v) is 5.79. The highest BCUT2D eigenvalue weighted by Crippen LogP contribution is 2.43. The molecule has 2 amide bonds. The van der Waals surface area contributed by atoms with Gasteiger partial charge in [-0.15, -0.1) is 0 Å². The second kappa shape index (κ2) is 12.4. The third-order valence-electron chi connectivity index (χ3n) is 5.55. The molecule has 192 valence electrons. The van der Waals surface area contributed by atoms with Crippen molar-refractivity contribution in [2.24, 2.45) is 0 Å². The fraction of sp³-hybridized carbons (Fsp3) is 0.360. The molecule has 1 aliphatic heterocycles. The van der Waals surface area contributed by atoms with Crippen LogP contribution in [0.4, 0.5) is 5.69 Å². The topological polar surface area (TPSA) is 129 Å². The van der Waals surface area contributed by atoms with Gasteiger partial charge in [-0.05, 0) is 24.3 Å². The van der Waals surface area contributed by atoms with Gasteiger partial charge < -0.3 is 29.6 Å². The van der Waals surface area contributed by atoms with Crippen LogP contribution in [-0.4, -0.2) is 57.5 Å². The number of rotatable bonds is 10. The Hall–Kier alpha value is -3.63. The molecule has 0 aliphatic carbocycles. The number of anilines is 1. The van der Waals surface area contributed by atoms with Crippen LogP contribution >= 0.6 is 11.6 Å². The monoisotopic (exact) mass is 518 g/mol. The fourth-order valence-corrected chi connectivity index (χ4v) is 3.93. The van der Waals surface area contributed by atoms with Crippen molar-refractivity contribution in [3.05, 3.63) is 52.5 Å². The summed E-state index contributed by atoms with van der Waals surface area (Å²) in [5.41, 5.74) is 1.61. The summed E-state index contributed by atoms with van der Waals surface area (Å²) in [5.74, 6) is -1.09. The molecule has 0 bridgehead atoms. The smallest absolute Gasteiger partial charge is 0.305 e. The zero-order chi connectivity index (χ0) is 26.2. The number of esters is 1. The van der Waals surface area contributed by atoms with Crippen LogP contribution in [0.1, 0.15) is 36.5 Å². The summed E-state index contributed by atoms with van der Waals surface area (Å²) in [6, 6.07) is 10.2. The Morgan fingerprint density at radius 1 is 1.06 bits per heavy atom. The van der Waals surface area contributed by atoms with Gasteiger partial charge in [-0.3, -0.25) is 19.2 Å². The Bertz CT molecular complexity index is 1150. The van der Waals surface area contributed by atoms with Crippen molar-refractivity contribution < 1.29 is 38.1 Å². The molecule has 2 aromatic rings. The van der Waals surface area contributed by atoms with Gasteiger partial charge >= 0.3 is 5.97 Å². The lowest BCUT2D eigenvalue weighted by atomic mass is 9.98. The van der Waals surface area contributed by atoms with Gasteiger partial charge in [0.2, 0.25) is 5.91 Å². The van der Waals surface area contributed by atoms with E-state index in [9.17, 15) is 19.2 Å². The van der Waals surface area contributed by atoms with Crippen molar-refractivity contribution >= 4 is 40.9 Å². The first-order valence-corrected chi connectivity index (χ1v) is 11.5. The number of carbonyl (C=O) groups excluding carboxylic acids is 4. The first-order chi connectivity index (χ1) is 17.3. The minimum absolute atomic E-state index is 0.0683. The average Bonchev–Trinajstić information content (AvgIpc) is 3.01. The standard InChI is InChI=1S/C25H27ClN2O8/c1-33-19-6-4-5-16(24(19)35-3)23-17-11-14(26)7-9-18(17)28-25(32)20(36-23)12-21(30)27-13-15(29)8-10-22(31)34-2/h4-7,9,11,20,23H,8,10,12-13H2,1-3H3,(H,27,30)(H,28,32). The van der Waals surface area contributed by atoms with Crippen molar-refractivity contribution in [1.29, 1.82) is 0 Å². The van der Waals surface area contributed by atoms with Crippen LogP contribution in [-0.2, 0) is 28.7 Å². The molecule has 2 N–H and O–H groups in total. The van der Waals surface area contributed by atoms with Crippen LogP contribution in [0.15, 0.2) is 36.4 Å². The number of hydrogen-bond donors (Lipinski definition) is 2. The maximum Gasteiger partial charge on any atom is 0.305 e. The van der Waals surface area contributed by atoms with E-state index in [4.69, 9.17) is 25.8 Å². The normalized spacial score (nSPS) is 16.7. The molecule has 2 atom stereocenters. The van der Waals surface area contributed by atoms with Crippen LogP contribution in [0.3, 0.4) is 0 Å². The fourth-order valence-electron chi connectivity index (χ4n) is 3.75. The number of nitrogens with one attached hydrogen (secondary N) is 2. The van der Waals surface area contributed by atoms with E-state index in [1.807, 2.05) is 0 Å². The van der Waals surface area contributed by atoms with Crippen LogP contribution in [0.2, 0.25) is 5.02 Å². The van der Waals surface area contributed by atoms with E-state index >= 15 is 0 Å². The number of halogens is 1. The minimum atomic E-state index is -1.19. The number of para-hydroxylation sites is 1. The molecule has 2 unspecified atom stereocenters. The average molecular weight is 519 g/mol. The van der Waals surface area contributed by atoms with E-state index in [2.05, 4.69) is 15.4 Å². The number of benzene rings is 2. The Balaban J connectivity index is 1.83. The Labute approximate surface area is 213 Å². The quantitative estimate of drug-likeness (QED) is 0.459. The summed E-state index contributed by atoms with van der Waals surface area (Å²) in [6.07, 6.45) is -2.52. The third kappa shape index (κ3) is 6.52. The second-order valence-corrected chi connectivity index (χ2v) is 8.34. The number of Topliss-reactive ketones (excluding diaryl/α,β-unsaturated/α-hetero) is 1. The van der Waals surface area contributed by atoms with Gasteiger partial charge in [0.15, 0.2) is 17.3 Å². The number of hydrogen-bond acceptors (Lipinski definition) is 8. The lowest BCUT2D eigenvalue weighted by Gasteiger charge is -2.24. The SMILES string of the molecule is COC(=O)CCC(=O)CNC(=O)CC1OC(c2cccc(OC)c2OC)c2cc(Cl)ccc2NC1=O. The van der Waals surface area contributed by atoms with Gasteiger partial charge in [-0.25, -0.2) is 0 Å². The van der Waals surface area contributed by atoms with Gasteiger partial charge in [-0.2, -0.15) is 0 Å². The summed E-state index contributed by atoms with van der Waals surface area (Å²) in [7, 11) is 4.22. The summed E-state index contributed by atoms with van der Waals surface area (Å²) >= 11 is 6.25. The first-order valence-electron chi connectivity index (χ1n) is 11.1. The van der Waals surface area contributed by atoms with Crippen LogP contribution < -0.4 is 20.1 Å². The lowest BCUT2D eigenvalue weighted by molar-refractivity contribution is -0.142. The van der Waals surface area contributed by atoms with Crippen molar-refractivity contribution in [3.8, 4) is 11.5 Å². The highest BCUT2D eigenvalue weighted by molar-refractivity contribution is 6.30. The van der Waals surface area contributed by atoms with Crippen LogP contribution in [0.5, 0.6) is 11.5 Å². The zero-order valence-corrected chi connectivity index (χ0v) is 20.8. The number of amides is 2. The molecule has 0 aromatic heterocycles. The molecule has 1 heterocycles. The molecule has 2 aromatic carbocycles. The molecule has 10 nitrogen and oxygen atoms in total. The number of ether oxygens (including phenoxy) is 4. The molecule has 0 fully saturated rings. The summed E-state index contributed by atoms with van der Waals surface area (Å²) < 4.78 is 21.7. The van der Waals surface area contributed by atoms with E-state index in [0.29, 0.717) is 33.3 Å². The van der Waals surface area contributed by atoms with Crippen LogP contribution in [0.25, 0.3) is 0 Å². The molecule has 3 rings (SSSR count). The van der Waals surface area contributed by atoms with Gasteiger partial charge in [0, 0.05) is 28.3 Å². The molecule has 1 aliphatic rings. The van der Waals surface area contributed by atoms with E-state index < -0.39 is 30.0 Å². The van der Waals surface area contributed by atoms with Crippen molar-refractivity contribution in [1.82, 2.24) is 5.32 Å². The summed E-state index contributed by atoms with van der Waals surface area (Å²) in [6.45, 7) is -0.285. The van der Waals surface area contributed by atoms with Crippen molar-refractivity contribution in [3.63, 3.8) is 0 Å². The molecular formula is C25H27ClN2O8. The molecular weight excluding hydrogens is 492 g/mol. The number of ketones is 1. The molecule has 36 heavy (non-hydrogen) atoms. The van der Waals surface area contributed by atoms with Gasteiger partial charge in [0.25, 0.3) is 5.91 Å². The molecule has 0 saturated carbocycles. The van der Waals surface area contributed by atoms with Gasteiger partial charge in [-0.1, -0.05) is 23.7 Å². The predicted molar refractivity (Wildman–Crippen MR) is 130 cm³/mol. The summed E-state index contributed by atoms with van der Waals surface area (Å²) in [4.78, 5) is 48.7. The highest BCUT2D eigenvalue weighted by Gasteiger charge is 2.35. The molecule has 0 radical (unpaired) electrons. The maximum atomic E-state index is 13.0. The molecule has 11 heteroatoms. The second-order valence-electron chi connectivity index (χ2n) is 7.90. The summed E-state index contributed by atoms with van der Waals surface area (Å²) in [5, 5.41) is 5.68.